The van der Waals surface area contributed by atoms with Crippen LogP contribution in [0.15, 0.2) is 28.7 Å². The third kappa shape index (κ3) is 3.65. The Balaban J connectivity index is 1.42. The van der Waals surface area contributed by atoms with Gasteiger partial charge in [-0.3, -0.25) is 25.1 Å². The van der Waals surface area contributed by atoms with Gasteiger partial charge in [-0.15, -0.1) is 0 Å². The quantitative estimate of drug-likeness (QED) is 0.494. The van der Waals surface area contributed by atoms with E-state index < -0.39 is 5.91 Å². The normalized spacial score (nSPS) is 11.3. The molecular formula is C23H25N5O3. The molecule has 0 fully saturated rings. The van der Waals surface area contributed by atoms with Crippen molar-refractivity contribution >= 4 is 33.8 Å². The van der Waals surface area contributed by atoms with E-state index in [0.29, 0.717) is 12.0 Å². The van der Waals surface area contributed by atoms with Crippen LogP contribution in [-0.2, 0) is 18.3 Å². The summed E-state index contributed by atoms with van der Waals surface area (Å²) in [6, 6.07) is 7.43. The van der Waals surface area contributed by atoms with Gasteiger partial charge in [0.2, 0.25) is 5.91 Å². The number of aromatic nitrogens is 3. The molecule has 0 atom stereocenters. The molecule has 0 aliphatic rings. The third-order valence-corrected chi connectivity index (χ3v) is 5.70. The number of fused-ring (bicyclic) bond motifs is 2. The van der Waals surface area contributed by atoms with E-state index >= 15 is 0 Å². The number of nitrogens with one attached hydrogen (secondary N) is 2. The maximum Gasteiger partial charge on any atom is 0.305 e. The summed E-state index contributed by atoms with van der Waals surface area (Å²) in [5, 5.41) is 6.35. The molecule has 8 nitrogen and oxygen atoms in total. The first-order valence-corrected chi connectivity index (χ1v) is 10.1. The van der Waals surface area contributed by atoms with E-state index in [1.807, 2.05) is 52.9 Å². The van der Waals surface area contributed by atoms with Crippen molar-refractivity contribution in [2.45, 2.75) is 40.5 Å². The van der Waals surface area contributed by atoms with Crippen molar-refractivity contribution < 1.29 is 14.0 Å². The average Bonchev–Trinajstić information content (AvgIpc) is 3.22. The van der Waals surface area contributed by atoms with E-state index in [4.69, 9.17) is 4.42 Å². The Kier molecular flexibility index (Phi) is 5.22. The van der Waals surface area contributed by atoms with Crippen LogP contribution in [0, 0.1) is 27.7 Å². The number of para-hydroxylation sites is 1. The first kappa shape index (κ1) is 20.6. The molecule has 4 rings (SSSR count). The van der Waals surface area contributed by atoms with Crippen LogP contribution < -0.4 is 10.9 Å². The maximum atomic E-state index is 12.5. The molecule has 4 aromatic rings. The van der Waals surface area contributed by atoms with Crippen LogP contribution in [0.2, 0.25) is 0 Å². The molecule has 3 heterocycles. The van der Waals surface area contributed by atoms with Crippen molar-refractivity contribution in [2.75, 3.05) is 0 Å². The highest BCUT2D eigenvalue weighted by molar-refractivity contribution is 5.99. The van der Waals surface area contributed by atoms with Crippen LogP contribution in [0.4, 0.5) is 0 Å². The first-order chi connectivity index (χ1) is 14.8. The molecular weight excluding hydrogens is 394 g/mol. The summed E-state index contributed by atoms with van der Waals surface area (Å²) in [4.78, 5) is 29.5. The molecule has 0 spiro atoms. The molecule has 2 amide bonds. The highest BCUT2D eigenvalue weighted by Crippen LogP contribution is 2.26. The fourth-order valence-electron chi connectivity index (χ4n) is 4.11. The molecule has 0 aliphatic heterocycles. The van der Waals surface area contributed by atoms with Crippen molar-refractivity contribution in [3.63, 3.8) is 0 Å². The van der Waals surface area contributed by atoms with Crippen LogP contribution in [0.1, 0.15) is 45.1 Å². The number of hydrogen-bond donors (Lipinski definition) is 2. The minimum atomic E-state index is -0.483. The molecule has 2 N–H and O–H groups in total. The molecule has 160 valence electrons. The van der Waals surface area contributed by atoms with Gasteiger partial charge in [0.1, 0.15) is 5.58 Å². The lowest BCUT2D eigenvalue weighted by Gasteiger charge is -2.11. The van der Waals surface area contributed by atoms with E-state index in [2.05, 4.69) is 20.9 Å². The van der Waals surface area contributed by atoms with Gasteiger partial charge < -0.3 is 4.42 Å². The minimum Gasteiger partial charge on any atom is -0.451 e. The van der Waals surface area contributed by atoms with E-state index in [-0.39, 0.29) is 18.1 Å². The molecule has 0 aliphatic carbocycles. The number of amides is 2. The molecule has 0 saturated carbocycles. The molecule has 0 saturated heterocycles. The summed E-state index contributed by atoms with van der Waals surface area (Å²) >= 11 is 0. The van der Waals surface area contributed by atoms with Crippen molar-refractivity contribution in [1.82, 2.24) is 25.6 Å². The van der Waals surface area contributed by atoms with E-state index in [1.54, 1.807) is 10.7 Å². The highest BCUT2D eigenvalue weighted by atomic mass is 16.3. The van der Waals surface area contributed by atoms with Gasteiger partial charge in [0.15, 0.2) is 11.4 Å². The number of hydrazine groups is 1. The Hall–Kier alpha value is -3.68. The van der Waals surface area contributed by atoms with Crippen LogP contribution in [-0.4, -0.2) is 26.6 Å². The Morgan fingerprint density at radius 1 is 1.03 bits per heavy atom. The lowest BCUT2D eigenvalue weighted by molar-refractivity contribution is -0.121. The highest BCUT2D eigenvalue weighted by Gasteiger charge is 2.19. The van der Waals surface area contributed by atoms with Crippen LogP contribution in [0.25, 0.3) is 22.0 Å². The van der Waals surface area contributed by atoms with Gasteiger partial charge >= 0.3 is 5.91 Å². The summed E-state index contributed by atoms with van der Waals surface area (Å²) in [7, 11) is 1.88. The number of hydrogen-bond acceptors (Lipinski definition) is 5. The summed E-state index contributed by atoms with van der Waals surface area (Å²) in [5.74, 6) is -0.581. The molecule has 3 aromatic heterocycles. The Bertz CT molecular complexity index is 1330. The topological polar surface area (TPSA) is 102 Å². The summed E-state index contributed by atoms with van der Waals surface area (Å²) in [6.45, 7) is 7.75. The van der Waals surface area contributed by atoms with Crippen molar-refractivity contribution in [1.29, 1.82) is 0 Å². The molecule has 1 aromatic carbocycles. The predicted octanol–water partition coefficient (Wildman–Crippen LogP) is 3.34. The molecule has 31 heavy (non-hydrogen) atoms. The molecule has 0 unspecified atom stereocenters. The number of furan rings is 1. The summed E-state index contributed by atoms with van der Waals surface area (Å²) < 4.78 is 7.40. The summed E-state index contributed by atoms with van der Waals surface area (Å²) in [5.41, 5.74) is 11.0. The Morgan fingerprint density at radius 3 is 2.52 bits per heavy atom. The van der Waals surface area contributed by atoms with Gasteiger partial charge in [-0.25, -0.2) is 4.98 Å². The zero-order chi connectivity index (χ0) is 22.3. The Labute approximate surface area is 179 Å². The smallest absolute Gasteiger partial charge is 0.305 e. The van der Waals surface area contributed by atoms with E-state index in [9.17, 15) is 9.59 Å². The second-order valence-electron chi connectivity index (χ2n) is 7.76. The van der Waals surface area contributed by atoms with Crippen LogP contribution in [0.5, 0.6) is 0 Å². The van der Waals surface area contributed by atoms with Gasteiger partial charge in [-0.2, -0.15) is 5.10 Å². The number of pyridine rings is 1. The zero-order valence-corrected chi connectivity index (χ0v) is 18.3. The number of carbonyl (C=O) groups is 2. The largest absolute Gasteiger partial charge is 0.451 e. The number of aryl methyl sites for hydroxylation is 5. The fraction of sp³-hybridized carbons (Fsp3) is 0.304. The average molecular weight is 419 g/mol. The number of benzene rings is 1. The van der Waals surface area contributed by atoms with E-state index in [1.165, 1.54) is 0 Å². The lowest BCUT2D eigenvalue weighted by atomic mass is 9.99. The lowest BCUT2D eigenvalue weighted by Crippen LogP contribution is -2.41. The fourth-order valence-corrected chi connectivity index (χ4v) is 4.11. The van der Waals surface area contributed by atoms with Crippen LogP contribution >= 0.6 is 0 Å². The monoisotopic (exact) mass is 419 g/mol. The zero-order valence-electron chi connectivity index (χ0n) is 18.3. The second-order valence-corrected chi connectivity index (χ2v) is 7.76. The number of carbonyl (C=O) groups excluding carboxylic acids is 2. The van der Waals surface area contributed by atoms with Gasteiger partial charge in [0, 0.05) is 35.5 Å². The van der Waals surface area contributed by atoms with Gasteiger partial charge in [-0.1, -0.05) is 18.2 Å². The predicted molar refractivity (Wildman–Crippen MR) is 118 cm³/mol. The van der Waals surface area contributed by atoms with Crippen molar-refractivity contribution in [3.8, 4) is 0 Å². The second kappa shape index (κ2) is 7.86. The van der Waals surface area contributed by atoms with E-state index in [0.717, 1.165) is 44.5 Å². The maximum absolute atomic E-state index is 12.5. The SMILES string of the molecule is Cc1nc2c(c(C)nn2C)c(C)c1CCC(=O)NNC(=O)c1oc2ccccc2c1C. The molecule has 0 radical (unpaired) electrons. The van der Waals surface area contributed by atoms with Crippen molar-refractivity contribution in [3.05, 3.63) is 58.1 Å². The standard InChI is InChI=1S/C23H25N5O3/c1-12-16(14(3)24-22-20(12)15(4)27-28(22)5)10-11-19(29)25-26-23(30)21-13(2)17-8-6-7-9-18(17)31-21/h6-9H,10-11H2,1-5H3,(H,25,29)(H,26,30). The molecule has 8 heteroatoms. The van der Waals surface area contributed by atoms with Crippen molar-refractivity contribution in [2.24, 2.45) is 7.05 Å². The van der Waals surface area contributed by atoms with Crippen LogP contribution in [0.3, 0.4) is 0 Å². The third-order valence-electron chi connectivity index (χ3n) is 5.70. The van der Waals surface area contributed by atoms with Gasteiger partial charge in [0.05, 0.1) is 5.69 Å². The Morgan fingerprint density at radius 2 is 1.77 bits per heavy atom. The number of nitrogens with zero attached hydrogens (tertiary/aromatic N) is 3. The van der Waals surface area contributed by atoms with Gasteiger partial charge in [0.25, 0.3) is 0 Å². The molecule has 0 bridgehead atoms. The summed E-state index contributed by atoms with van der Waals surface area (Å²) in [6.07, 6.45) is 0.730. The minimum absolute atomic E-state index is 0.190. The first-order valence-electron chi connectivity index (χ1n) is 10.1. The number of rotatable bonds is 4. The van der Waals surface area contributed by atoms with Gasteiger partial charge in [-0.05, 0) is 51.3 Å².